The predicted octanol–water partition coefficient (Wildman–Crippen LogP) is 3.90. The van der Waals surface area contributed by atoms with Gasteiger partial charge in [-0.25, -0.2) is 4.98 Å². The third-order valence-electron chi connectivity index (χ3n) is 3.73. The van der Waals surface area contributed by atoms with E-state index in [9.17, 15) is 4.79 Å². The lowest BCUT2D eigenvalue weighted by Crippen LogP contribution is -2.11. The first-order valence-corrected chi connectivity index (χ1v) is 8.27. The molecule has 1 atom stereocenters. The first kappa shape index (κ1) is 17.4. The molecule has 0 aliphatic heterocycles. The van der Waals surface area contributed by atoms with Crippen molar-refractivity contribution in [2.45, 2.75) is 19.4 Å². The van der Waals surface area contributed by atoms with Gasteiger partial charge in [-0.05, 0) is 42.8 Å². The Bertz CT molecular complexity index is 867. The lowest BCUT2D eigenvalue weighted by molar-refractivity contribution is 0.1000. The van der Waals surface area contributed by atoms with Crippen molar-refractivity contribution in [3.63, 3.8) is 0 Å². The monoisotopic (exact) mass is 349 g/mol. The molecule has 0 aliphatic carbocycles. The van der Waals surface area contributed by atoms with Crippen LogP contribution < -0.4 is 15.2 Å². The van der Waals surface area contributed by atoms with Crippen molar-refractivity contribution in [2.24, 2.45) is 5.73 Å². The van der Waals surface area contributed by atoms with E-state index in [1.807, 2.05) is 25.1 Å². The Kier molecular flexibility index (Phi) is 5.43. The van der Waals surface area contributed by atoms with Gasteiger partial charge in [0.25, 0.3) is 0 Å². The highest BCUT2D eigenvalue weighted by molar-refractivity contribution is 5.92. The van der Waals surface area contributed by atoms with Gasteiger partial charge < -0.3 is 15.2 Å². The second-order valence-corrected chi connectivity index (χ2v) is 5.59. The van der Waals surface area contributed by atoms with Crippen molar-refractivity contribution in [1.82, 2.24) is 9.97 Å². The van der Waals surface area contributed by atoms with E-state index in [2.05, 4.69) is 9.97 Å². The summed E-state index contributed by atoms with van der Waals surface area (Å²) in [5.74, 6) is 1.32. The Hall–Kier alpha value is -3.41. The number of hydrogen-bond donors (Lipinski definition) is 1. The van der Waals surface area contributed by atoms with Crippen molar-refractivity contribution in [3.05, 3.63) is 78.2 Å². The van der Waals surface area contributed by atoms with Crippen LogP contribution in [0.25, 0.3) is 0 Å². The van der Waals surface area contributed by atoms with Crippen LogP contribution in [0, 0.1) is 0 Å². The fourth-order valence-electron chi connectivity index (χ4n) is 2.41. The summed E-state index contributed by atoms with van der Waals surface area (Å²) < 4.78 is 11.8. The highest BCUT2D eigenvalue weighted by Crippen LogP contribution is 2.27. The van der Waals surface area contributed by atoms with Crippen molar-refractivity contribution >= 4 is 5.91 Å². The first-order valence-electron chi connectivity index (χ1n) is 8.27. The maximum absolute atomic E-state index is 11.2. The Morgan fingerprint density at radius 2 is 1.85 bits per heavy atom. The van der Waals surface area contributed by atoms with E-state index >= 15 is 0 Å². The molecule has 3 aromatic rings. The maximum atomic E-state index is 11.2. The molecule has 0 radical (unpaired) electrons. The van der Waals surface area contributed by atoms with Crippen LogP contribution in [0.5, 0.6) is 17.4 Å². The van der Waals surface area contributed by atoms with E-state index in [4.69, 9.17) is 15.2 Å². The summed E-state index contributed by atoms with van der Waals surface area (Å²) in [6.07, 6.45) is 3.82. The van der Waals surface area contributed by atoms with Crippen LogP contribution in [-0.2, 0) is 0 Å². The molecule has 6 heteroatoms. The maximum Gasteiger partial charge on any atom is 0.248 e. The Labute approximate surface area is 151 Å². The second kappa shape index (κ2) is 8.11. The minimum atomic E-state index is -0.468. The van der Waals surface area contributed by atoms with Crippen LogP contribution in [0.4, 0.5) is 0 Å². The number of carbonyl (C=O) groups is 1. The number of pyridine rings is 2. The normalized spacial score (nSPS) is 11.6. The van der Waals surface area contributed by atoms with Gasteiger partial charge in [0.05, 0.1) is 5.69 Å². The molecular formula is C20H19N3O3. The number of hydrogen-bond acceptors (Lipinski definition) is 5. The zero-order valence-corrected chi connectivity index (χ0v) is 14.3. The molecule has 2 N–H and O–H groups in total. The summed E-state index contributed by atoms with van der Waals surface area (Å²) in [4.78, 5) is 19.7. The average Bonchev–Trinajstić information content (AvgIpc) is 2.67. The molecular weight excluding hydrogens is 330 g/mol. The number of ether oxygens (including phenoxy) is 2. The lowest BCUT2D eigenvalue weighted by atomic mass is 10.1. The minimum absolute atomic E-state index is 0.248. The molecule has 0 saturated heterocycles. The molecule has 1 aromatic carbocycles. The topological polar surface area (TPSA) is 87.3 Å². The number of carbonyl (C=O) groups excluding carboxylic acids is 1. The lowest BCUT2D eigenvalue weighted by Gasteiger charge is -2.18. The zero-order valence-electron chi connectivity index (χ0n) is 14.3. The van der Waals surface area contributed by atoms with Gasteiger partial charge in [0, 0.05) is 30.1 Å². The van der Waals surface area contributed by atoms with Gasteiger partial charge in [-0.1, -0.05) is 13.0 Å². The summed E-state index contributed by atoms with van der Waals surface area (Å²) in [5, 5.41) is 0. The van der Waals surface area contributed by atoms with Gasteiger partial charge in [-0.3, -0.25) is 9.78 Å². The van der Waals surface area contributed by atoms with Gasteiger partial charge in [0.1, 0.15) is 17.6 Å². The Morgan fingerprint density at radius 1 is 1.04 bits per heavy atom. The quantitative estimate of drug-likeness (QED) is 0.699. The summed E-state index contributed by atoms with van der Waals surface area (Å²) in [5.41, 5.74) is 6.44. The summed E-state index contributed by atoms with van der Waals surface area (Å²) >= 11 is 0. The van der Waals surface area contributed by atoms with E-state index in [0.29, 0.717) is 22.9 Å². The molecule has 0 spiro atoms. The molecule has 1 unspecified atom stereocenters. The first-order chi connectivity index (χ1) is 12.7. The standard InChI is InChI=1S/C20H19N3O3/c1-2-18(25-15-8-6-14(7-9-15)20(21)24)17-13-16(10-12-22-17)26-19-5-3-4-11-23-19/h3-13,18H,2H2,1H3,(H2,21,24). The van der Waals surface area contributed by atoms with Gasteiger partial charge in [0.15, 0.2) is 0 Å². The smallest absolute Gasteiger partial charge is 0.248 e. The molecule has 1 amide bonds. The molecule has 26 heavy (non-hydrogen) atoms. The Balaban J connectivity index is 1.75. The van der Waals surface area contributed by atoms with Crippen LogP contribution >= 0.6 is 0 Å². The van der Waals surface area contributed by atoms with Crippen molar-refractivity contribution in [2.75, 3.05) is 0 Å². The van der Waals surface area contributed by atoms with Gasteiger partial charge >= 0.3 is 0 Å². The minimum Gasteiger partial charge on any atom is -0.484 e. The van der Waals surface area contributed by atoms with Crippen LogP contribution in [0.15, 0.2) is 67.0 Å². The number of rotatable bonds is 7. The highest BCUT2D eigenvalue weighted by atomic mass is 16.5. The van der Waals surface area contributed by atoms with Crippen molar-refractivity contribution in [3.8, 4) is 17.4 Å². The van der Waals surface area contributed by atoms with E-state index in [-0.39, 0.29) is 6.10 Å². The third kappa shape index (κ3) is 4.36. The molecule has 0 aliphatic rings. The molecule has 3 rings (SSSR count). The fourth-order valence-corrected chi connectivity index (χ4v) is 2.41. The second-order valence-electron chi connectivity index (χ2n) is 5.59. The molecule has 0 saturated carbocycles. The zero-order chi connectivity index (χ0) is 18.4. The van der Waals surface area contributed by atoms with Crippen LogP contribution in [0.3, 0.4) is 0 Å². The average molecular weight is 349 g/mol. The van der Waals surface area contributed by atoms with Gasteiger partial charge in [-0.15, -0.1) is 0 Å². The number of nitrogens with zero attached hydrogens (tertiary/aromatic N) is 2. The van der Waals surface area contributed by atoms with Gasteiger partial charge in [0.2, 0.25) is 11.8 Å². The molecule has 0 fully saturated rings. The summed E-state index contributed by atoms with van der Waals surface area (Å²) in [6, 6.07) is 15.8. The number of aromatic nitrogens is 2. The number of amides is 1. The number of benzene rings is 1. The third-order valence-corrected chi connectivity index (χ3v) is 3.73. The predicted molar refractivity (Wildman–Crippen MR) is 97.2 cm³/mol. The van der Waals surface area contributed by atoms with Crippen LogP contribution in [0.2, 0.25) is 0 Å². The summed E-state index contributed by atoms with van der Waals surface area (Å²) in [6.45, 7) is 2.01. The Morgan fingerprint density at radius 3 is 2.50 bits per heavy atom. The van der Waals surface area contributed by atoms with Gasteiger partial charge in [-0.2, -0.15) is 0 Å². The molecule has 6 nitrogen and oxygen atoms in total. The van der Waals surface area contributed by atoms with Crippen LogP contribution in [-0.4, -0.2) is 15.9 Å². The van der Waals surface area contributed by atoms with E-state index in [0.717, 1.165) is 12.1 Å². The molecule has 2 aromatic heterocycles. The van der Waals surface area contributed by atoms with Crippen LogP contribution in [0.1, 0.15) is 35.5 Å². The molecule has 2 heterocycles. The number of primary amides is 1. The van der Waals surface area contributed by atoms with E-state index in [1.165, 1.54) is 0 Å². The number of nitrogens with two attached hydrogens (primary N) is 1. The van der Waals surface area contributed by atoms with Crippen molar-refractivity contribution < 1.29 is 14.3 Å². The highest BCUT2D eigenvalue weighted by Gasteiger charge is 2.14. The SMILES string of the molecule is CCC(Oc1ccc(C(N)=O)cc1)c1cc(Oc2ccccn2)ccn1. The molecule has 132 valence electrons. The fraction of sp³-hybridized carbons (Fsp3) is 0.150. The van der Waals surface area contributed by atoms with E-state index < -0.39 is 5.91 Å². The summed E-state index contributed by atoms with van der Waals surface area (Å²) in [7, 11) is 0. The van der Waals surface area contributed by atoms with Crippen molar-refractivity contribution in [1.29, 1.82) is 0 Å². The van der Waals surface area contributed by atoms with E-state index in [1.54, 1.807) is 48.8 Å². The molecule has 0 bridgehead atoms. The largest absolute Gasteiger partial charge is 0.484 e.